The summed E-state index contributed by atoms with van der Waals surface area (Å²) >= 11 is 0. The van der Waals surface area contributed by atoms with E-state index < -0.39 is 0 Å². The number of aromatic nitrogens is 4. The molecular formula is C20H22N6O. The lowest BCUT2D eigenvalue weighted by Gasteiger charge is -2.20. The van der Waals surface area contributed by atoms with Crippen molar-refractivity contribution in [2.45, 2.75) is 19.4 Å². The number of anilines is 1. The summed E-state index contributed by atoms with van der Waals surface area (Å²) in [5.74, 6) is 2.45. The van der Waals surface area contributed by atoms with Gasteiger partial charge in [-0.2, -0.15) is 0 Å². The van der Waals surface area contributed by atoms with Gasteiger partial charge in [-0.25, -0.2) is 9.97 Å². The van der Waals surface area contributed by atoms with E-state index in [-0.39, 0.29) is 0 Å². The minimum absolute atomic E-state index is 0.630. The topological polar surface area (TPSA) is 84.8 Å². The fraction of sp³-hybridized carbons (Fsp3) is 0.300. The maximum absolute atomic E-state index is 5.70. The van der Waals surface area contributed by atoms with Crippen LogP contribution in [0.5, 0.6) is 5.75 Å². The number of pyridine rings is 2. The fourth-order valence-corrected chi connectivity index (χ4v) is 3.04. The Hall–Kier alpha value is -3.06. The summed E-state index contributed by atoms with van der Waals surface area (Å²) in [6.07, 6.45) is 8.79. The largest absolute Gasteiger partial charge is 0.492 e. The summed E-state index contributed by atoms with van der Waals surface area (Å²) in [6, 6.07) is 7.65. The van der Waals surface area contributed by atoms with E-state index in [4.69, 9.17) is 14.7 Å². The number of rotatable bonds is 7. The summed E-state index contributed by atoms with van der Waals surface area (Å²) in [5, 5.41) is 6.86. The van der Waals surface area contributed by atoms with Crippen molar-refractivity contribution >= 4 is 5.82 Å². The van der Waals surface area contributed by atoms with E-state index in [1.807, 2.05) is 24.3 Å². The fourth-order valence-electron chi connectivity index (χ4n) is 3.04. The van der Waals surface area contributed by atoms with Crippen molar-refractivity contribution in [1.29, 1.82) is 0 Å². The average molecular weight is 362 g/mol. The van der Waals surface area contributed by atoms with Crippen molar-refractivity contribution in [3.8, 4) is 17.1 Å². The lowest BCUT2D eigenvalue weighted by Crippen LogP contribution is -2.27. The highest BCUT2D eigenvalue weighted by Crippen LogP contribution is 2.24. The lowest BCUT2D eigenvalue weighted by molar-refractivity contribution is 0.313. The van der Waals surface area contributed by atoms with Gasteiger partial charge in [0.15, 0.2) is 5.82 Å². The van der Waals surface area contributed by atoms with Gasteiger partial charge in [-0.05, 0) is 43.7 Å². The highest BCUT2D eigenvalue weighted by Gasteiger charge is 2.18. The van der Waals surface area contributed by atoms with Crippen LogP contribution in [0.25, 0.3) is 11.4 Å². The summed E-state index contributed by atoms with van der Waals surface area (Å²) in [4.78, 5) is 17.7. The maximum atomic E-state index is 5.70. The molecule has 0 radical (unpaired) electrons. The van der Waals surface area contributed by atoms with Gasteiger partial charge in [-0.15, -0.1) is 0 Å². The number of ether oxygens (including phenoxy) is 1. The van der Waals surface area contributed by atoms with Gasteiger partial charge >= 0.3 is 0 Å². The van der Waals surface area contributed by atoms with E-state index in [0.29, 0.717) is 6.61 Å². The molecule has 7 nitrogen and oxygen atoms in total. The van der Waals surface area contributed by atoms with Gasteiger partial charge in [0, 0.05) is 42.8 Å². The normalized spacial score (nSPS) is 13.0. The second-order valence-electron chi connectivity index (χ2n) is 6.30. The van der Waals surface area contributed by atoms with Crippen molar-refractivity contribution in [3.05, 3.63) is 60.3 Å². The third-order valence-electron chi connectivity index (χ3n) is 4.39. The smallest absolute Gasteiger partial charge is 0.161 e. The molecule has 27 heavy (non-hydrogen) atoms. The van der Waals surface area contributed by atoms with Crippen molar-refractivity contribution in [1.82, 2.24) is 25.3 Å². The van der Waals surface area contributed by atoms with Crippen LogP contribution in [-0.2, 0) is 13.0 Å². The molecule has 0 saturated carbocycles. The van der Waals surface area contributed by atoms with Crippen LogP contribution >= 0.6 is 0 Å². The van der Waals surface area contributed by atoms with E-state index in [1.54, 1.807) is 24.8 Å². The first-order valence-electron chi connectivity index (χ1n) is 9.18. The predicted molar refractivity (Wildman–Crippen MR) is 104 cm³/mol. The van der Waals surface area contributed by atoms with Crippen molar-refractivity contribution in [3.63, 3.8) is 0 Å². The molecular weight excluding hydrogens is 340 g/mol. The number of hydrogen-bond acceptors (Lipinski definition) is 7. The Kier molecular flexibility index (Phi) is 5.50. The molecule has 0 spiro atoms. The van der Waals surface area contributed by atoms with Crippen LogP contribution < -0.4 is 15.4 Å². The van der Waals surface area contributed by atoms with Crippen LogP contribution in [0.1, 0.15) is 17.7 Å². The maximum Gasteiger partial charge on any atom is 0.161 e. The Bertz CT molecular complexity index is 872. The first-order valence-corrected chi connectivity index (χ1v) is 9.18. The molecule has 0 aliphatic carbocycles. The molecule has 0 saturated heterocycles. The number of hydrogen-bond donors (Lipinski definition) is 2. The SMILES string of the molecule is c1cncc(OCCCNc2nc(-c3ccncc3)nc3c2CCNC3)c1. The first-order chi connectivity index (χ1) is 13.4. The van der Waals surface area contributed by atoms with Gasteiger partial charge in [0.1, 0.15) is 11.6 Å². The molecule has 2 N–H and O–H groups in total. The van der Waals surface area contributed by atoms with Crippen LogP contribution in [0.3, 0.4) is 0 Å². The molecule has 3 aromatic heterocycles. The lowest BCUT2D eigenvalue weighted by atomic mass is 10.1. The standard InChI is InChI=1S/C20H22N6O/c1-3-16(13-22-7-1)27-12-2-8-24-20-17-6-11-23-14-18(17)25-19(26-20)15-4-9-21-10-5-15/h1,3-5,7,9-10,13,23H,2,6,8,11-12,14H2,(H,24,25,26). The van der Waals surface area contributed by atoms with Crippen molar-refractivity contribution < 1.29 is 4.74 Å². The minimum Gasteiger partial charge on any atom is -0.492 e. The van der Waals surface area contributed by atoms with Gasteiger partial charge in [0.25, 0.3) is 0 Å². The molecule has 4 rings (SSSR count). The zero-order chi connectivity index (χ0) is 18.3. The molecule has 0 amide bonds. The van der Waals surface area contributed by atoms with Crippen LogP contribution in [0.15, 0.2) is 49.1 Å². The molecule has 0 aromatic carbocycles. The zero-order valence-corrected chi connectivity index (χ0v) is 15.1. The number of nitrogens with zero attached hydrogens (tertiary/aromatic N) is 4. The van der Waals surface area contributed by atoms with Crippen LogP contribution in [0.4, 0.5) is 5.82 Å². The van der Waals surface area contributed by atoms with Gasteiger partial charge in [-0.1, -0.05) is 0 Å². The van der Waals surface area contributed by atoms with Gasteiger partial charge in [0.2, 0.25) is 0 Å². The van der Waals surface area contributed by atoms with E-state index in [0.717, 1.165) is 61.1 Å². The molecule has 0 fully saturated rings. The molecule has 0 atom stereocenters. The molecule has 4 heterocycles. The average Bonchev–Trinajstić information content (AvgIpc) is 2.74. The van der Waals surface area contributed by atoms with Crippen molar-refractivity contribution in [2.24, 2.45) is 0 Å². The van der Waals surface area contributed by atoms with E-state index in [9.17, 15) is 0 Å². The minimum atomic E-state index is 0.630. The van der Waals surface area contributed by atoms with E-state index in [1.165, 1.54) is 5.56 Å². The summed E-state index contributed by atoms with van der Waals surface area (Å²) in [5.41, 5.74) is 3.25. The Labute approximate surface area is 158 Å². The van der Waals surface area contributed by atoms with E-state index in [2.05, 4.69) is 20.6 Å². The van der Waals surface area contributed by atoms with Gasteiger partial charge < -0.3 is 15.4 Å². The second-order valence-corrected chi connectivity index (χ2v) is 6.30. The van der Waals surface area contributed by atoms with E-state index >= 15 is 0 Å². The van der Waals surface area contributed by atoms with Crippen LogP contribution in [0.2, 0.25) is 0 Å². The summed E-state index contributed by atoms with van der Waals surface area (Å²) in [6.45, 7) is 3.14. The molecule has 1 aliphatic heterocycles. The molecule has 1 aliphatic rings. The van der Waals surface area contributed by atoms with Crippen molar-refractivity contribution in [2.75, 3.05) is 25.0 Å². The zero-order valence-electron chi connectivity index (χ0n) is 15.1. The Morgan fingerprint density at radius 3 is 2.85 bits per heavy atom. The summed E-state index contributed by atoms with van der Waals surface area (Å²) < 4.78 is 5.70. The van der Waals surface area contributed by atoms with Gasteiger partial charge in [-0.3, -0.25) is 9.97 Å². The first kappa shape index (κ1) is 17.4. The highest BCUT2D eigenvalue weighted by atomic mass is 16.5. The monoisotopic (exact) mass is 362 g/mol. The number of fused-ring (bicyclic) bond motifs is 1. The molecule has 0 bridgehead atoms. The second kappa shape index (κ2) is 8.55. The van der Waals surface area contributed by atoms with Gasteiger partial charge in [0.05, 0.1) is 18.5 Å². The molecule has 0 unspecified atom stereocenters. The Balaban J connectivity index is 1.43. The van der Waals surface area contributed by atoms with Crippen LogP contribution in [-0.4, -0.2) is 39.6 Å². The molecule has 7 heteroatoms. The third-order valence-corrected chi connectivity index (χ3v) is 4.39. The summed E-state index contributed by atoms with van der Waals surface area (Å²) in [7, 11) is 0. The quantitative estimate of drug-likeness (QED) is 0.625. The predicted octanol–water partition coefficient (Wildman–Crippen LogP) is 2.46. The molecule has 3 aromatic rings. The van der Waals surface area contributed by atoms with Crippen LogP contribution in [0, 0.1) is 0 Å². The third kappa shape index (κ3) is 4.38. The molecule has 138 valence electrons. The highest BCUT2D eigenvalue weighted by molar-refractivity contribution is 5.59. The number of nitrogens with one attached hydrogen (secondary N) is 2. The Morgan fingerprint density at radius 2 is 2.00 bits per heavy atom. The Morgan fingerprint density at radius 1 is 1.07 bits per heavy atom.